The molecule has 5 aliphatic rings. The number of benzene rings is 3. The first-order chi connectivity index (χ1) is 17.3. The summed E-state index contributed by atoms with van der Waals surface area (Å²) in [7, 11) is 0. The third kappa shape index (κ3) is 8.43. The van der Waals surface area contributed by atoms with Crippen molar-refractivity contribution in [3.63, 3.8) is 0 Å². The molecular formula is C35H43GeNTi. The van der Waals surface area contributed by atoms with E-state index in [0.29, 0.717) is 5.92 Å². The minimum atomic E-state index is 0. The summed E-state index contributed by atoms with van der Waals surface area (Å²) in [4.78, 5) is 0. The predicted molar refractivity (Wildman–Crippen MR) is 164 cm³/mol. The Balaban J connectivity index is 0.000000178. The van der Waals surface area contributed by atoms with Gasteiger partial charge in [0.05, 0.1) is 0 Å². The van der Waals surface area contributed by atoms with E-state index in [1.165, 1.54) is 68.0 Å². The molecule has 1 N–H and O–H groups in total. The van der Waals surface area contributed by atoms with Crippen molar-refractivity contribution in [3.05, 3.63) is 127 Å². The number of hydrogen-bond acceptors (Lipinski definition) is 0. The summed E-state index contributed by atoms with van der Waals surface area (Å²) in [6.45, 7) is 8.67. The van der Waals surface area contributed by atoms with E-state index >= 15 is 0 Å². The standard InChI is InChI=1S/C12H10.C9H13.C7H10N.C6H7Ge.CH3.Ti/c1-3-7-11(8-4-1)12-9-5-2-6-10-12;1-6-5-7(2)9(4)8(6)3;8-7-1-4-5(2-7)6(4)3-7;7-6-4-2-1-3-5-6;;/h1-10H;6H,1-4H3;4-6,8H,1-3H2;1-5H,7H2;1H3;/q;2*-1;;-1;+3. The molecule has 0 aromatic heterocycles. The minimum absolute atomic E-state index is 0. The van der Waals surface area contributed by atoms with Gasteiger partial charge in [0.25, 0.3) is 0 Å². The zero-order valence-electron chi connectivity index (χ0n) is 23.8. The number of rotatable bonds is 1. The van der Waals surface area contributed by atoms with Gasteiger partial charge >= 0.3 is 73.0 Å². The molecule has 3 aromatic carbocycles. The van der Waals surface area contributed by atoms with Gasteiger partial charge in [-0.1, -0.05) is 107 Å². The third-order valence-electron chi connectivity index (χ3n) is 8.35. The summed E-state index contributed by atoms with van der Waals surface area (Å²) in [5.41, 5.74) is 14.7. The van der Waals surface area contributed by atoms with E-state index in [4.69, 9.17) is 5.73 Å². The van der Waals surface area contributed by atoms with Crippen molar-refractivity contribution in [2.75, 3.05) is 0 Å². The Morgan fingerprint density at radius 3 is 1.26 bits per heavy atom. The second kappa shape index (κ2) is 14.7. The predicted octanol–water partition coefficient (Wildman–Crippen LogP) is 8.31. The Morgan fingerprint density at radius 1 is 0.711 bits per heavy atom. The molecule has 3 aromatic rings. The number of nitrogens with one attached hydrogen (secondary N) is 1. The van der Waals surface area contributed by atoms with Crippen molar-refractivity contribution in [1.29, 1.82) is 0 Å². The molecule has 4 saturated carbocycles. The molecule has 0 saturated heterocycles. The van der Waals surface area contributed by atoms with Crippen molar-refractivity contribution in [3.8, 4) is 11.1 Å². The Bertz CT molecular complexity index is 1120. The first-order valence-electron chi connectivity index (χ1n) is 13.3. The Morgan fingerprint density at radius 2 is 1.08 bits per heavy atom. The van der Waals surface area contributed by atoms with Gasteiger partial charge in [-0.3, -0.25) is 6.08 Å². The van der Waals surface area contributed by atoms with E-state index in [2.05, 4.69) is 107 Å². The van der Waals surface area contributed by atoms with E-state index in [-0.39, 0.29) is 34.7 Å². The van der Waals surface area contributed by atoms with Gasteiger partial charge in [-0.25, -0.2) is 5.57 Å². The van der Waals surface area contributed by atoms with Crippen LogP contribution in [0.1, 0.15) is 47.0 Å². The zero-order chi connectivity index (χ0) is 25.7. The van der Waals surface area contributed by atoms with Gasteiger partial charge in [0.2, 0.25) is 0 Å². The summed E-state index contributed by atoms with van der Waals surface area (Å²) in [6, 6.07) is 31.2. The van der Waals surface area contributed by atoms with Crippen LogP contribution in [0.25, 0.3) is 16.9 Å². The van der Waals surface area contributed by atoms with Gasteiger partial charge in [0.15, 0.2) is 0 Å². The first-order valence-corrected chi connectivity index (χ1v) is 14.8. The largest absolute Gasteiger partial charge is 3.00 e. The monoisotopic (exact) mass is 599 g/mol. The fraction of sp³-hybridized carbons (Fsp3) is 0.343. The molecule has 5 aliphatic carbocycles. The van der Waals surface area contributed by atoms with E-state index in [0.717, 1.165) is 17.8 Å². The summed E-state index contributed by atoms with van der Waals surface area (Å²) < 4.78 is 1.45. The minimum Gasteiger partial charge on any atom is -0.672 e. The number of hydrogen-bond donors (Lipinski definition) is 0. The zero-order valence-corrected chi connectivity index (χ0v) is 28.3. The molecule has 0 spiro atoms. The molecule has 1 atom stereocenters. The SMILES string of the molecule is CC1=[C-]C(C)C(C)=C1C.[CH3-].[GeH2][c]1ccccc1.[NH-]C12CC3C(C1)C3C2.[Ti+3].c1ccc(-c2ccccc2)cc1. The Labute approximate surface area is 255 Å². The van der Waals surface area contributed by atoms with E-state index < -0.39 is 0 Å². The third-order valence-corrected chi connectivity index (χ3v) is 9.34. The van der Waals surface area contributed by atoms with Crippen LogP contribution >= 0.6 is 0 Å². The molecular weight excluding hydrogens is 555 g/mol. The topological polar surface area (TPSA) is 23.8 Å². The summed E-state index contributed by atoms with van der Waals surface area (Å²) >= 11 is 1.26. The van der Waals surface area contributed by atoms with Crippen LogP contribution in [0.3, 0.4) is 0 Å². The van der Waals surface area contributed by atoms with Crippen LogP contribution in [0.15, 0.2) is 108 Å². The summed E-state index contributed by atoms with van der Waals surface area (Å²) in [5.74, 6) is 3.66. The van der Waals surface area contributed by atoms with Gasteiger partial charge in [0, 0.05) is 0 Å². The van der Waals surface area contributed by atoms with Crippen LogP contribution in [-0.4, -0.2) is 22.1 Å². The van der Waals surface area contributed by atoms with Crippen LogP contribution in [0.5, 0.6) is 0 Å². The van der Waals surface area contributed by atoms with E-state index in [9.17, 15) is 0 Å². The number of allylic oxidation sites excluding steroid dienone is 4. The van der Waals surface area contributed by atoms with Gasteiger partial charge in [-0.05, 0) is 28.9 Å². The van der Waals surface area contributed by atoms with Crippen molar-refractivity contribution in [2.45, 2.75) is 52.5 Å². The molecule has 0 heterocycles. The Kier molecular flexibility index (Phi) is 12.6. The molecule has 4 bridgehead atoms. The molecule has 2 radical (unpaired) electrons. The Hall–Kier alpha value is -1.64. The van der Waals surface area contributed by atoms with Crippen molar-refractivity contribution in [2.24, 2.45) is 23.7 Å². The molecule has 4 fully saturated rings. The fourth-order valence-electron chi connectivity index (χ4n) is 5.94. The van der Waals surface area contributed by atoms with Crippen LogP contribution in [-0.2, 0) is 21.7 Å². The van der Waals surface area contributed by atoms with E-state index in [1.54, 1.807) is 0 Å². The average Bonchev–Trinajstić information content (AvgIpc) is 3.27. The maximum Gasteiger partial charge on any atom is 3.00 e. The summed E-state index contributed by atoms with van der Waals surface area (Å²) in [5, 5.41) is 0. The van der Waals surface area contributed by atoms with Gasteiger partial charge in [-0.2, -0.15) is 11.1 Å². The van der Waals surface area contributed by atoms with Gasteiger partial charge < -0.3 is 13.2 Å². The van der Waals surface area contributed by atoms with Crippen LogP contribution in [0.4, 0.5) is 0 Å². The van der Waals surface area contributed by atoms with E-state index in [1.807, 2.05) is 18.2 Å². The quantitative estimate of drug-likeness (QED) is 0.199. The summed E-state index contributed by atoms with van der Waals surface area (Å²) in [6.07, 6.45) is 7.12. The van der Waals surface area contributed by atoms with Gasteiger partial charge in [0.1, 0.15) is 0 Å². The van der Waals surface area contributed by atoms with Crippen LogP contribution in [0, 0.1) is 37.2 Å². The molecule has 0 aliphatic heterocycles. The molecule has 1 unspecified atom stereocenters. The van der Waals surface area contributed by atoms with Crippen molar-refractivity contribution < 1.29 is 21.7 Å². The van der Waals surface area contributed by atoms with Crippen molar-refractivity contribution >= 4 is 20.9 Å². The molecule has 3 heteroatoms. The van der Waals surface area contributed by atoms with Crippen molar-refractivity contribution in [1.82, 2.24) is 0 Å². The molecule has 196 valence electrons. The first kappa shape index (κ1) is 32.6. The molecule has 1 nitrogen and oxygen atoms in total. The molecule has 0 amide bonds. The maximum absolute atomic E-state index is 7.79. The fourth-order valence-corrected chi connectivity index (χ4v) is 6.51. The molecule has 38 heavy (non-hydrogen) atoms. The van der Waals surface area contributed by atoms with Crippen LogP contribution < -0.4 is 4.40 Å². The normalized spacial score (nSPS) is 26.6. The second-order valence-electron chi connectivity index (χ2n) is 10.9. The van der Waals surface area contributed by atoms with Crippen LogP contribution in [0.2, 0.25) is 0 Å². The van der Waals surface area contributed by atoms with Gasteiger partial charge in [-0.15, -0.1) is 12.5 Å². The second-order valence-corrected chi connectivity index (χ2v) is 12.6. The smallest absolute Gasteiger partial charge is 0.672 e. The average molecular weight is 598 g/mol. The maximum atomic E-state index is 7.79. The molecule has 8 rings (SSSR count).